The molecule has 1 fully saturated rings. The van der Waals surface area contributed by atoms with Crippen LogP contribution in [0.25, 0.3) is 0 Å². The van der Waals surface area contributed by atoms with Crippen LogP contribution in [0.4, 0.5) is 0 Å². The Morgan fingerprint density at radius 2 is 1.74 bits per heavy atom. The summed E-state index contributed by atoms with van der Waals surface area (Å²) in [5.74, 6) is -0.304. The first-order chi connectivity index (χ1) is 14.9. The predicted molar refractivity (Wildman–Crippen MR) is 110 cm³/mol. The van der Waals surface area contributed by atoms with Crippen molar-refractivity contribution in [2.75, 3.05) is 26.9 Å². The molecule has 0 aromatic heterocycles. The fourth-order valence-corrected chi connectivity index (χ4v) is 4.16. The Morgan fingerprint density at radius 3 is 2.45 bits per heavy atom. The highest BCUT2D eigenvalue weighted by atomic mass is 16.7. The Morgan fingerprint density at radius 1 is 1.00 bits per heavy atom. The summed E-state index contributed by atoms with van der Waals surface area (Å²) < 4.78 is 22.6. The van der Waals surface area contributed by atoms with E-state index in [1.165, 1.54) is 7.11 Å². The zero-order valence-electron chi connectivity index (χ0n) is 17.5. The van der Waals surface area contributed by atoms with Crippen LogP contribution < -0.4 is 9.47 Å². The van der Waals surface area contributed by atoms with Gasteiger partial charge in [0.1, 0.15) is 37.6 Å². The normalized spacial score (nSPS) is 30.3. The predicted octanol–water partition coefficient (Wildman–Crippen LogP) is 0.630. The number of hydrogen-bond acceptors (Lipinski definition) is 8. The molecule has 8 nitrogen and oxygen atoms in total. The summed E-state index contributed by atoms with van der Waals surface area (Å²) in [5, 5.41) is 40.8. The molecule has 2 aliphatic heterocycles. The topological polar surface area (TPSA) is 118 Å². The second kappa shape index (κ2) is 8.74. The minimum atomic E-state index is -1.73. The first-order valence-corrected chi connectivity index (χ1v) is 10.3. The van der Waals surface area contributed by atoms with Crippen LogP contribution in [-0.2, 0) is 21.7 Å². The van der Waals surface area contributed by atoms with Gasteiger partial charge in [-0.2, -0.15) is 0 Å². The van der Waals surface area contributed by atoms with Crippen molar-refractivity contribution in [3.8, 4) is 11.5 Å². The Hall–Kier alpha value is -2.20. The van der Waals surface area contributed by atoms with Gasteiger partial charge in [-0.15, -0.1) is 0 Å². The van der Waals surface area contributed by atoms with Gasteiger partial charge in [-0.05, 0) is 48.2 Å². The van der Waals surface area contributed by atoms with Gasteiger partial charge in [0, 0.05) is 12.7 Å². The molecule has 0 spiro atoms. The van der Waals surface area contributed by atoms with Crippen LogP contribution in [0.2, 0.25) is 0 Å². The molecule has 0 bridgehead atoms. The minimum absolute atomic E-state index is 0.477. The van der Waals surface area contributed by atoms with Crippen LogP contribution in [0.3, 0.4) is 0 Å². The molecule has 0 radical (unpaired) electrons. The molecule has 2 aliphatic rings. The molecule has 1 saturated heterocycles. The lowest BCUT2D eigenvalue weighted by atomic mass is 9.86. The van der Waals surface area contributed by atoms with Gasteiger partial charge < -0.3 is 39.4 Å². The van der Waals surface area contributed by atoms with Crippen molar-refractivity contribution >= 4 is 0 Å². The average molecular weight is 432 g/mol. The lowest BCUT2D eigenvalue weighted by Gasteiger charge is -2.47. The maximum absolute atomic E-state index is 10.7. The van der Waals surface area contributed by atoms with E-state index in [9.17, 15) is 20.4 Å². The number of benzene rings is 2. The van der Waals surface area contributed by atoms with Crippen LogP contribution in [0.1, 0.15) is 22.3 Å². The molecule has 4 rings (SSSR count). The highest BCUT2D eigenvalue weighted by molar-refractivity contribution is 5.46. The molecule has 31 heavy (non-hydrogen) atoms. The van der Waals surface area contributed by atoms with Crippen molar-refractivity contribution in [1.82, 2.24) is 0 Å². The molecule has 2 heterocycles. The SMILES string of the molecule is CO[C@@]1(c2ccc(C)c(Cc3ccc4c(c3)OCCO4)c2)O[C@H](CO)[C@@H](O)[C@H](O)[C@H]1O. The van der Waals surface area contributed by atoms with Crippen LogP contribution in [0, 0.1) is 6.92 Å². The van der Waals surface area contributed by atoms with Crippen molar-refractivity contribution in [3.05, 3.63) is 58.7 Å². The number of hydrogen-bond donors (Lipinski definition) is 4. The van der Waals surface area contributed by atoms with Crippen molar-refractivity contribution in [2.45, 2.75) is 43.5 Å². The fourth-order valence-electron chi connectivity index (χ4n) is 4.16. The maximum atomic E-state index is 10.7. The highest BCUT2D eigenvalue weighted by Crippen LogP contribution is 2.40. The molecule has 8 heteroatoms. The third-order valence-corrected chi connectivity index (χ3v) is 6.01. The summed E-state index contributed by atoms with van der Waals surface area (Å²) in [7, 11) is 1.35. The van der Waals surface area contributed by atoms with Crippen LogP contribution >= 0.6 is 0 Å². The molecule has 0 saturated carbocycles. The number of aliphatic hydroxyl groups excluding tert-OH is 4. The van der Waals surface area contributed by atoms with Gasteiger partial charge in [0.15, 0.2) is 11.5 Å². The van der Waals surface area contributed by atoms with Gasteiger partial charge in [0.25, 0.3) is 0 Å². The van der Waals surface area contributed by atoms with E-state index in [0.29, 0.717) is 30.9 Å². The van der Waals surface area contributed by atoms with E-state index in [1.807, 2.05) is 37.3 Å². The molecular formula is C23H28O8. The number of fused-ring (bicyclic) bond motifs is 1. The first-order valence-electron chi connectivity index (χ1n) is 10.3. The summed E-state index contributed by atoms with van der Waals surface area (Å²) in [4.78, 5) is 0. The van der Waals surface area contributed by atoms with Crippen LogP contribution in [0.15, 0.2) is 36.4 Å². The van der Waals surface area contributed by atoms with E-state index < -0.39 is 36.8 Å². The molecule has 0 aliphatic carbocycles. The van der Waals surface area contributed by atoms with Crippen LogP contribution in [-0.4, -0.2) is 71.8 Å². The summed E-state index contributed by atoms with van der Waals surface area (Å²) in [6.07, 6.45) is -5.07. The van der Waals surface area contributed by atoms with Gasteiger partial charge in [0.05, 0.1) is 6.61 Å². The van der Waals surface area contributed by atoms with Crippen molar-refractivity contribution in [1.29, 1.82) is 0 Å². The third kappa shape index (κ3) is 3.91. The van der Waals surface area contributed by atoms with Gasteiger partial charge in [-0.3, -0.25) is 0 Å². The van der Waals surface area contributed by atoms with E-state index in [0.717, 1.165) is 22.4 Å². The molecule has 168 valence electrons. The Kier molecular flexibility index (Phi) is 6.20. The minimum Gasteiger partial charge on any atom is -0.486 e. The zero-order valence-corrected chi connectivity index (χ0v) is 17.5. The Labute approximate surface area is 180 Å². The number of methoxy groups -OCH3 is 1. The standard InChI is InChI=1S/C23H28O8/c1-13-3-5-16(23(28-2)22(27)21(26)20(25)19(12-24)31-23)11-15(13)9-14-4-6-17-18(10-14)30-8-7-29-17/h3-6,10-11,19-22,24-27H,7-9,12H2,1-2H3/t19-,20-,21+,22-,23+/m1/s1. The maximum Gasteiger partial charge on any atom is 0.224 e. The second-order valence-electron chi connectivity index (χ2n) is 7.93. The van der Waals surface area contributed by atoms with E-state index in [2.05, 4.69) is 0 Å². The lowest BCUT2D eigenvalue weighted by Crippen LogP contribution is -2.64. The number of aliphatic hydroxyl groups is 4. The third-order valence-electron chi connectivity index (χ3n) is 6.01. The van der Waals surface area contributed by atoms with Crippen molar-refractivity contribution in [2.24, 2.45) is 0 Å². The second-order valence-corrected chi connectivity index (χ2v) is 7.93. The van der Waals surface area contributed by atoms with Gasteiger partial charge >= 0.3 is 0 Å². The molecule has 4 N–H and O–H groups in total. The number of aryl methyl sites for hydroxylation is 1. The highest BCUT2D eigenvalue weighted by Gasteiger charge is 2.55. The van der Waals surface area contributed by atoms with E-state index in [4.69, 9.17) is 18.9 Å². The molecule has 5 atom stereocenters. The number of ether oxygens (including phenoxy) is 4. The van der Waals surface area contributed by atoms with E-state index in [-0.39, 0.29) is 0 Å². The van der Waals surface area contributed by atoms with Gasteiger partial charge in [0.2, 0.25) is 5.79 Å². The van der Waals surface area contributed by atoms with E-state index in [1.54, 1.807) is 6.07 Å². The van der Waals surface area contributed by atoms with Gasteiger partial charge in [-0.1, -0.05) is 18.2 Å². The largest absolute Gasteiger partial charge is 0.486 e. The average Bonchev–Trinajstić information content (AvgIpc) is 2.79. The molecule has 0 amide bonds. The van der Waals surface area contributed by atoms with Crippen LogP contribution in [0.5, 0.6) is 11.5 Å². The molecular weight excluding hydrogens is 404 g/mol. The summed E-state index contributed by atoms with van der Waals surface area (Å²) in [6.45, 7) is 2.48. The first kappa shape index (κ1) is 22.0. The summed E-state index contributed by atoms with van der Waals surface area (Å²) >= 11 is 0. The monoisotopic (exact) mass is 432 g/mol. The lowest BCUT2D eigenvalue weighted by molar-refractivity contribution is -0.366. The molecule has 2 aromatic carbocycles. The fraction of sp³-hybridized carbons (Fsp3) is 0.478. The number of rotatable bonds is 5. The van der Waals surface area contributed by atoms with Crippen molar-refractivity contribution < 1.29 is 39.4 Å². The van der Waals surface area contributed by atoms with E-state index >= 15 is 0 Å². The Bertz CT molecular complexity index is 930. The van der Waals surface area contributed by atoms with Crippen molar-refractivity contribution in [3.63, 3.8) is 0 Å². The smallest absolute Gasteiger partial charge is 0.224 e. The molecule has 2 aromatic rings. The quantitative estimate of drug-likeness (QED) is 0.544. The summed E-state index contributed by atoms with van der Waals surface area (Å²) in [6, 6.07) is 11.3. The Balaban J connectivity index is 1.68. The van der Waals surface area contributed by atoms with Gasteiger partial charge in [-0.25, -0.2) is 0 Å². The molecule has 0 unspecified atom stereocenters. The summed E-state index contributed by atoms with van der Waals surface area (Å²) in [5.41, 5.74) is 3.48. The zero-order chi connectivity index (χ0) is 22.2.